The standard InChI is InChI=1S/C14H15N3O/c1-2-9-17-13(7-8-16-17)14(18)12-5-3-11(10-15)4-6-12/h3-8,14,18H,2,9H2,1H3. The number of nitrogens with zero attached hydrogens (tertiary/aromatic N) is 3. The summed E-state index contributed by atoms with van der Waals surface area (Å²) in [4.78, 5) is 0. The van der Waals surface area contributed by atoms with E-state index < -0.39 is 6.10 Å². The lowest BCUT2D eigenvalue weighted by Crippen LogP contribution is -2.10. The molecule has 0 spiro atoms. The average molecular weight is 241 g/mol. The van der Waals surface area contributed by atoms with Crippen LogP contribution in [0.3, 0.4) is 0 Å². The van der Waals surface area contributed by atoms with Gasteiger partial charge in [-0.05, 0) is 30.2 Å². The van der Waals surface area contributed by atoms with Crippen molar-refractivity contribution >= 4 is 0 Å². The number of aliphatic hydroxyl groups is 1. The van der Waals surface area contributed by atoms with Crippen molar-refractivity contribution in [2.45, 2.75) is 26.0 Å². The third-order valence-electron chi connectivity index (χ3n) is 2.82. The first-order valence-electron chi connectivity index (χ1n) is 5.96. The molecule has 2 aromatic rings. The van der Waals surface area contributed by atoms with E-state index in [1.807, 2.05) is 10.7 Å². The Kier molecular flexibility index (Phi) is 3.75. The fourth-order valence-electron chi connectivity index (χ4n) is 1.88. The van der Waals surface area contributed by atoms with Gasteiger partial charge in [0.15, 0.2) is 0 Å². The van der Waals surface area contributed by atoms with Crippen LogP contribution in [0.25, 0.3) is 0 Å². The highest BCUT2D eigenvalue weighted by Crippen LogP contribution is 2.22. The minimum Gasteiger partial charge on any atom is -0.382 e. The van der Waals surface area contributed by atoms with Crippen LogP contribution in [0.4, 0.5) is 0 Å². The van der Waals surface area contributed by atoms with Crippen LogP contribution in [0.1, 0.15) is 36.3 Å². The van der Waals surface area contributed by atoms with Crippen LogP contribution >= 0.6 is 0 Å². The maximum absolute atomic E-state index is 10.3. The number of rotatable bonds is 4. The molecule has 1 aromatic heterocycles. The van der Waals surface area contributed by atoms with Gasteiger partial charge in [-0.15, -0.1) is 0 Å². The zero-order valence-corrected chi connectivity index (χ0v) is 10.2. The highest BCUT2D eigenvalue weighted by Gasteiger charge is 2.14. The molecule has 1 atom stereocenters. The topological polar surface area (TPSA) is 61.8 Å². The SMILES string of the molecule is CCCn1nccc1C(O)c1ccc(C#N)cc1. The predicted molar refractivity (Wildman–Crippen MR) is 67.7 cm³/mol. The molecule has 18 heavy (non-hydrogen) atoms. The smallest absolute Gasteiger partial charge is 0.121 e. The lowest BCUT2D eigenvalue weighted by molar-refractivity contribution is 0.207. The third-order valence-corrected chi connectivity index (χ3v) is 2.82. The van der Waals surface area contributed by atoms with Crippen molar-refractivity contribution in [3.05, 3.63) is 53.3 Å². The van der Waals surface area contributed by atoms with Crippen molar-refractivity contribution in [3.63, 3.8) is 0 Å². The van der Waals surface area contributed by atoms with E-state index in [9.17, 15) is 5.11 Å². The molecule has 0 aliphatic rings. The second-order valence-electron chi connectivity index (χ2n) is 4.12. The molecule has 1 heterocycles. The zero-order valence-electron chi connectivity index (χ0n) is 10.2. The van der Waals surface area contributed by atoms with E-state index in [2.05, 4.69) is 18.1 Å². The lowest BCUT2D eigenvalue weighted by Gasteiger charge is -2.13. The van der Waals surface area contributed by atoms with Gasteiger partial charge >= 0.3 is 0 Å². The maximum atomic E-state index is 10.3. The first-order valence-corrected chi connectivity index (χ1v) is 5.96. The van der Waals surface area contributed by atoms with Gasteiger partial charge in [-0.1, -0.05) is 19.1 Å². The van der Waals surface area contributed by atoms with Gasteiger partial charge in [-0.3, -0.25) is 4.68 Å². The number of aliphatic hydroxyl groups excluding tert-OH is 1. The predicted octanol–water partition coefficient (Wildman–Crippen LogP) is 2.25. The Bertz CT molecular complexity index is 551. The molecule has 0 saturated carbocycles. The van der Waals surface area contributed by atoms with Crippen LogP contribution in [0.2, 0.25) is 0 Å². The number of aromatic nitrogens is 2. The Morgan fingerprint density at radius 2 is 2.06 bits per heavy atom. The van der Waals surface area contributed by atoms with E-state index in [1.54, 1.807) is 30.5 Å². The Labute approximate surface area is 106 Å². The van der Waals surface area contributed by atoms with Crippen LogP contribution < -0.4 is 0 Å². The van der Waals surface area contributed by atoms with E-state index in [4.69, 9.17) is 5.26 Å². The molecule has 0 radical (unpaired) electrons. The summed E-state index contributed by atoms with van der Waals surface area (Å²) in [5.74, 6) is 0. The van der Waals surface area contributed by atoms with Crippen molar-refractivity contribution in [2.75, 3.05) is 0 Å². The molecular weight excluding hydrogens is 226 g/mol. The normalized spacial score (nSPS) is 12.1. The summed E-state index contributed by atoms with van der Waals surface area (Å²) in [5, 5.41) is 23.2. The van der Waals surface area contributed by atoms with E-state index in [0.29, 0.717) is 5.56 Å². The summed E-state index contributed by atoms with van der Waals surface area (Å²) in [6, 6.07) is 10.8. The van der Waals surface area contributed by atoms with Gasteiger partial charge in [-0.2, -0.15) is 10.4 Å². The highest BCUT2D eigenvalue weighted by molar-refractivity contribution is 5.34. The van der Waals surface area contributed by atoms with Crippen molar-refractivity contribution < 1.29 is 5.11 Å². The summed E-state index contributed by atoms with van der Waals surface area (Å²) in [5.41, 5.74) is 2.14. The summed E-state index contributed by atoms with van der Waals surface area (Å²) in [6.45, 7) is 2.86. The van der Waals surface area contributed by atoms with Crippen LogP contribution in [0, 0.1) is 11.3 Å². The van der Waals surface area contributed by atoms with E-state index in [-0.39, 0.29) is 0 Å². The second-order valence-corrected chi connectivity index (χ2v) is 4.12. The van der Waals surface area contributed by atoms with E-state index in [1.165, 1.54) is 0 Å². The zero-order chi connectivity index (χ0) is 13.0. The van der Waals surface area contributed by atoms with E-state index in [0.717, 1.165) is 24.2 Å². The first-order chi connectivity index (χ1) is 8.76. The lowest BCUT2D eigenvalue weighted by atomic mass is 10.0. The molecule has 4 nitrogen and oxygen atoms in total. The fraction of sp³-hybridized carbons (Fsp3) is 0.286. The molecule has 0 fully saturated rings. The summed E-state index contributed by atoms with van der Waals surface area (Å²) >= 11 is 0. The van der Waals surface area contributed by atoms with Crippen molar-refractivity contribution in [1.29, 1.82) is 5.26 Å². The highest BCUT2D eigenvalue weighted by atomic mass is 16.3. The van der Waals surface area contributed by atoms with Crippen LogP contribution in [0.5, 0.6) is 0 Å². The Hall–Kier alpha value is -2.12. The van der Waals surface area contributed by atoms with Gasteiger partial charge in [0, 0.05) is 12.7 Å². The van der Waals surface area contributed by atoms with Crippen LogP contribution in [-0.2, 0) is 6.54 Å². The average Bonchev–Trinajstić information content (AvgIpc) is 2.87. The Morgan fingerprint density at radius 1 is 1.33 bits per heavy atom. The molecule has 1 N–H and O–H groups in total. The molecular formula is C14H15N3O. The van der Waals surface area contributed by atoms with E-state index >= 15 is 0 Å². The minimum absolute atomic E-state index is 0.591. The number of nitriles is 1. The summed E-state index contributed by atoms with van der Waals surface area (Å²) < 4.78 is 1.81. The van der Waals surface area contributed by atoms with Gasteiger partial charge in [0.2, 0.25) is 0 Å². The molecule has 2 rings (SSSR count). The molecule has 0 aliphatic carbocycles. The molecule has 4 heteroatoms. The molecule has 1 aromatic carbocycles. The number of aryl methyl sites for hydroxylation is 1. The fourth-order valence-corrected chi connectivity index (χ4v) is 1.88. The Morgan fingerprint density at radius 3 is 2.67 bits per heavy atom. The molecule has 0 bridgehead atoms. The number of hydrogen-bond acceptors (Lipinski definition) is 3. The van der Waals surface area contributed by atoms with Crippen LogP contribution in [-0.4, -0.2) is 14.9 Å². The van der Waals surface area contributed by atoms with Crippen molar-refractivity contribution in [2.24, 2.45) is 0 Å². The van der Waals surface area contributed by atoms with Gasteiger partial charge in [0.25, 0.3) is 0 Å². The molecule has 0 aliphatic heterocycles. The quantitative estimate of drug-likeness (QED) is 0.893. The summed E-state index contributed by atoms with van der Waals surface area (Å²) in [7, 11) is 0. The number of hydrogen-bond donors (Lipinski definition) is 1. The first kappa shape index (κ1) is 12.3. The largest absolute Gasteiger partial charge is 0.382 e. The van der Waals surface area contributed by atoms with Crippen LogP contribution in [0.15, 0.2) is 36.5 Å². The van der Waals surface area contributed by atoms with Gasteiger partial charge < -0.3 is 5.11 Å². The number of benzene rings is 1. The van der Waals surface area contributed by atoms with Gasteiger partial charge in [0.05, 0.1) is 17.3 Å². The summed E-state index contributed by atoms with van der Waals surface area (Å²) in [6.07, 6.45) is 1.96. The van der Waals surface area contributed by atoms with Crippen molar-refractivity contribution in [1.82, 2.24) is 9.78 Å². The van der Waals surface area contributed by atoms with Gasteiger partial charge in [0.1, 0.15) is 6.10 Å². The maximum Gasteiger partial charge on any atom is 0.121 e. The second kappa shape index (κ2) is 5.48. The minimum atomic E-state index is -0.702. The monoisotopic (exact) mass is 241 g/mol. The Balaban J connectivity index is 2.26. The molecule has 0 saturated heterocycles. The third kappa shape index (κ3) is 2.41. The molecule has 1 unspecified atom stereocenters. The van der Waals surface area contributed by atoms with Gasteiger partial charge in [-0.25, -0.2) is 0 Å². The van der Waals surface area contributed by atoms with Crippen molar-refractivity contribution in [3.8, 4) is 6.07 Å². The molecule has 92 valence electrons. The molecule has 0 amide bonds.